The number of para-hydroxylation sites is 1. The van der Waals surface area contributed by atoms with Crippen LogP contribution in [0.2, 0.25) is 0 Å². The summed E-state index contributed by atoms with van der Waals surface area (Å²) in [5.41, 5.74) is 0.391. The zero-order valence-electron chi connectivity index (χ0n) is 11.0. The Hall–Kier alpha value is -2.21. The van der Waals surface area contributed by atoms with Crippen molar-refractivity contribution < 1.29 is 17.2 Å². The molecule has 2 aromatic carbocycles. The average Bonchev–Trinajstić information content (AvgIpc) is 2.44. The summed E-state index contributed by atoms with van der Waals surface area (Å²) in [5, 5.41) is 0. The molecule has 0 radical (unpaired) electrons. The molecular weight excluding hydrogens is 296 g/mol. The molecule has 0 aliphatic rings. The van der Waals surface area contributed by atoms with Gasteiger partial charge >= 0.3 is 0 Å². The molecule has 0 saturated carbocycles. The second-order valence-electron chi connectivity index (χ2n) is 4.27. The van der Waals surface area contributed by atoms with Gasteiger partial charge in [0.05, 0.1) is 17.1 Å². The summed E-state index contributed by atoms with van der Waals surface area (Å²) >= 11 is 0. The molecule has 0 fully saturated rings. The molecule has 0 aliphatic carbocycles. The molecule has 0 spiro atoms. The topological polar surface area (TPSA) is 37.4 Å². The molecule has 0 amide bonds. The highest BCUT2D eigenvalue weighted by molar-refractivity contribution is 7.92. The first-order valence-corrected chi connectivity index (χ1v) is 7.54. The van der Waals surface area contributed by atoms with Crippen molar-refractivity contribution in [2.45, 2.75) is 4.90 Å². The van der Waals surface area contributed by atoms with Crippen molar-refractivity contribution >= 4 is 15.7 Å². The molecule has 0 aliphatic heterocycles. The van der Waals surface area contributed by atoms with Crippen LogP contribution >= 0.6 is 0 Å². The standard InChI is InChI=1S/C15H13F2NO2S/c1-2-8-18(14-6-4-3-5-7-14)21(19,20)15-10-12(16)9-13(17)11-15/h2-7,9-11H,1,8H2. The lowest BCUT2D eigenvalue weighted by atomic mass is 10.3. The molecule has 0 N–H and O–H groups in total. The fourth-order valence-corrected chi connectivity index (χ4v) is 3.34. The third-order valence-corrected chi connectivity index (χ3v) is 4.53. The SMILES string of the molecule is C=CCN(c1ccccc1)S(=O)(=O)c1cc(F)cc(F)c1. The molecule has 0 aromatic heterocycles. The van der Waals surface area contributed by atoms with Crippen molar-refractivity contribution in [1.29, 1.82) is 0 Å². The highest BCUT2D eigenvalue weighted by Gasteiger charge is 2.25. The van der Waals surface area contributed by atoms with E-state index in [2.05, 4.69) is 6.58 Å². The van der Waals surface area contributed by atoms with Crippen molar-refractivity contribution in [3.8, 4) is 0 Å². The Morgan fingerprint density at radius 3 is 2.14 bits per heavy atom. The Kier molecular flexibility index (Phi) is 4.37. The van der Waals surface area contributed by atoms with Crippen LogP contribution in [0.1, 0.15) is 0 Å². The largest absolute Gasteiger partial charge is 0.264 e. The summed E-state index contributed by atoms with van der Waals surface area (Å²) in [4.78, 5) is -0.439. The molecule has 2 aromatic rings. The lowest BCUT2D eigenvalue weighted by Crippen LogP contribution is -2.31. The predicted molar refractivity (Wildman–Crippen MR) is 77.5 cm³/mol. The van der Waals surface area contributed by atoms with E-state index >= 15 is 0 Å². The first-order valence-electron chi connectivity index (χ1n) is 6.10. The molecular formula is C15H13F2NO2S. The quantitative estimate of drug-likeness (QED) is 0.794. The van der Waals surface area contributed by atoms with Crippen LogP contribution in [0.3, 0.4) is 0 Å². The van der Waals surface area contributed by atoms with Crippen molar-refractivity contribution in [3.05, 3.63) is 72.8 Å². The highest BCUT2D eigenvalue weighted by Crippen LogP contribution is 2.24. The van der Waals surface area contributed by atoms with Crippen LogP contribution < -0.4 is 4.31 Å². The zero-order valence-corrected chi connectivity index (χ0v) is 11.9. The zero-order chi connectivity index (χ0) is 15.5. The number of benzene rings is 2. The van der Waals surface area contributed by atoms with Gasteiger partial charge in [0, 0.05) is 6.07 Å². The summed E-state index contributed by atoms with van der Waals surface area (Å²) in [6.45, 7) is 3.50. The van der Waals surface area contributed by atoms with Crippen LogP contribution in [0.15, 0.2) is 66.1 Å². The molecule has 21 heavy (non-hydrogen) atoms. The minimum Gasteiger partial charge on any atom is -0.263 e. The van der Waals surface area contributed by atoms with Crippen LogP contribution in [0.5, 0.6) is 0 Å². The van der Waals surface area contributed by atoms with Gasteiger partial charge in [-0.2, -0.15) is 0 Å². The van der Waals surface area contributed by atoms with Crippen LogP contribution in [-0.4, -0.2) is 15.0 Å². The van der Waals surface area contributed by atoms with Gasteiger partial charge in [-0.25, -0.2) is 17.2 Å². The van der Waals surface area contributed by atoms with E-state index in [0.717, 1.165) is 16.4 Å². The van der Waals surface area contributed by atoms with Gasteiger partial charge in [-0.3, -0.25) is 4.31 Å². The highest BCUT2D eigenvalue weighted by atomic mass is 32.2. The number of nitrogens with zero attached hydrogens (tertiary/aromatic N) is 1. The maximum absolute atomic E-state index is 13.3. The van der Waals surface area contributed by atoms with Crippen molar-refractivity contribution in [3.63, 3.8) is 0 Å². The Balaban J connectivity index is 2.55. The van der Waals surface area contributed by atoms with Crippen molar-refractivity contribution in [2.75, 3.05) is 10.8 Å². The van der Waals surface area contributed by atoms with Gasteiger partial charge in [-0.15, -0.1) is 6.58 Å². The van der Waals surface area contributed by atoms with Gasteiger partial charge in [0.1, 0.15) is 11.6 Å². The second-order valence-corrected chi connectivity index (χ2v) is 6.13. The minimum absolute atomic E-state index is 0.00945. The second kappa shape index (κ2) is 6.05. The normalized spacial score (nSPS) is 11.1. The Labute approximate surface area is 122 Å². The Bertz CT molecular complexity index is 725. The predicted octanol–water partition coefficient (Wildman–Crippen LogP) is 3.35. The van der Waals surface area contributed by atoms with E-state index in [4.69, 9.17) is 0 Å². The van der Waals surface area contributed by atoms with Gasteiger partial charge < -0.3 is 0 Å². The van der Waals surface area contributed by atoms with E-state index < -0.39 is 26.6 Å². The van der Waals surface area contributed by atoms with E-state index in [1.165, 1.54) is 6.08 Å². The summed E-state index contributed by atoms with van der Waals surface area (Å²) in [7, 11) is -4.08. The fourth-order valence-electron chi connectivity index (χ4n) is 1.86. The summed E-state index contributed by atoms with van der Waals surface area (Å²) in [6, 6.07) is 10.5. The molecule has 2 rings (SSSR count). The van der Waals surface area contributed by atoms with Gasteiger partial charge in [0.15, 0.2) is 0 Å². The van der Waals surface area contributed by atoms with E-state index in [0.29, 0.717) is 11.8 Å². The monoisotopic (exact) mass is 309 g/mol. The van der Waals surface area contributed by atoms with Gasteiger partial charge in [0.25, 0.3) is 10.0 Å². The number of hydrogen-bond acceptors (Lipinski definition) is 2. The van der Waals surface area contributed by atoms with Crippen molar-refractivity contribution in [1.82, 2.24) is 0 Å². The molecule has 0 unspecified atom stereocenters. The third-order valence-electron chi connectivity index (χ3n) is 2.76. The van der Waals surface area contributed by atoms with E-state index in [1.54, 1.807) is 30.3 Å². The van der Waals surface area contributed by atoms with Crippen LogP contribution in [-0.2, 0) is 10.0 Å². The van der Waals surface area contributed by atoms with Crippen LogP contribution in [0, 0.1) is 11.6 Å². The van der Waals surface area contributed by atoms with Crippen LogP contribution in [0.25, 0.3) is 0 Å². The first-order chi connectivity index (χ1) is 9.95. The molecule has 110 valence electrons. The van der Waals surface area contributed by atoms with Gasteiger partial charge in [-0.05, 0) is 24.3 Å². The Morgan fingerprint density at radius 2 is 1.62 bits per heavy atom. The lowest BCUT2D eigenvalue weighted by molar-refractivity contribution is 0.566. The van der Waals surface area contributed by atoms with Gasteiger partial charge in [0.2, 0.25) is 0 Å². The van der Waals surface area contributed by atoms with E-state index in [1.807, 2.05) is 0 Å². The summed E-state index contributed by atoms with van der Waals surface area (Å²) in [6.07, 6.45) is 1.40. The van der Waals surface area contributed by atoms with E-state index in [-0.39, 0.29) is 6.54 Å². The fraction of sp³-hybridized carbons (Fsp3) is 0.0667. The molecule has 0 saturated heterocycles. The number of sulfonamides is 1. The number of rotatable bonds is 5. The minimum atomic E-state index is -4.08. The Morgan fingerprint density at radius 1 is 1.05 bits per heavy atom. The summed E-state index contributed by atoms with van der Waals surface area (Å²) in [5.74, 6) is -1.89. The summed E-state index contributed by atoms with van der Waals surface area (Å²) < 4.78 is 52.7. The van der Waals surface area contributed by atoms with Gasteiger partial charge in [-0.1, -0.05) is 24.3 Å². The number of anilines is 1. The number of hydrogen-bond donors (Lipinski definition) is 0. The average molecular weight is 309 g/mol. The maximum Gasteiger partial charge on any atom is 0.264 e. The first kappa shape index (κ1) is 15.2. The number of halogens is 2. The molecule has 3 nitrogen and oxygen atoms in total. The smallest absolute Gasteiger partial charge is 0.263 e. The third kappa shape index (κ3) is 3.28. The molecule has 0 atom stereocenters. The maximum atomic E-state index is 13.3. The molecule has 6 heteroatoms. The molecule has 0 bridgehead atoms. The molecule has 0 heterocycles. The lowest BCUT2D eigenvalue weighted by Gasteiger charge is -2.23. The van der Waals surface area contributed by atoms with Crippen LogP contribution in [0.4, 0.5) is 14.5 Å². The van der Waals surface area contributed by atoms with Crippen molar-refractivity contribution in [2.24, 2.45) is 0 Å². The van der Waals surface area contributed by atoms with E-state index in [9.17, 15) is 17.2 Å².